The van der Waals surface area contributed by atoms with Gasteiger partial charge in [-0.3, -0.25) is 14.2 Å². The summed E-state index contributed by atoms with van der Waals surface area (Å²) in [6, 6.07) is 15.4. The molecule has 3 heterocycles. The number of nitrogens with zero attached hydrogens (tertiary/aromatic N) is 3. The standard InChI is InChI=1S/C21H19N3O3S/c1-14-8-9-16(27-14)11-23(2)19(25)12-24-13-22-20-17(21(24)26)10-18(28-20)15-6-4-3-5-7-15/h3-10,13H,11-12H2,1-2H3. The zero-order valence-corrected chi connectivity index (χ0v) is 16.4. The van der Waals surface area contributed by atoms with E-state index < -0.39 is 0 Å². The zero-order chi connectivity index (χ0) is 19.7. The fourth-order valence-corrected chi connectivity index (χ4v) is 3.97. The number of fused-ring (bicyclic) bond motifs is 1. The number of benzene rings is 1. The van der Waals surface area contributed by atoms with Gasteiger partial charge in [-0.05, 0) is 30.7 Å². The Morgan fingerprint density at radius 1 is 1.21 bits per heavy atom. The highest BCUT2D eigenvalue weighted by molar-refractivity contribution is 7.21. The van der Waals surface area contributed by atoms with E-state index in [-0.39, 0.29) is 18.0 Å². The van der Waals surface area contributed by atoms with Crippen molar-refractivity contribution in [2.24, 2.45) is 0 Å². The summed E-state index contributed by atoms with van der Waals surface area (Å²) in [7, 11) is 1.69. The molecule has 0 saturated heterocycles. The second-order valence-electron chi connectivity index (χ2n) is 6.64. The summed E-state index contributed by atoms with van der Waals surface area (Å²) in [6.07, 6.45) is 1.44. The van der Waals surface area contributed by atoms with Crippen molar-refractivity contribution in [3.8, 4) is 10.4 Å². The van der Waals surface area contributed by atoms with Crippen LogP contribution in [0.3, 0.4) is 0 Å². The molecule has 0 aliphatic rings. The van der Waals surface area contributed by atoms with Gasteiger partial charge in [0.2, 0.25) is 5.91 Å². The molecule has 28 heavy (non-hydrogen) atoms. The van der Waals surface area contributed by atoms with Crippen LogP contribution in [-0.2, 0) is 17.9 Å². The molecule has 4 rings (SSSR count). The Bertz CT molecular complexity index is 1190. The average molecular weight is 393 g/mol. The van der Waals surface area contributed by atoms with Crippen molar-refractivity contribution in [2.75, 3.05) is 7.05 Å². The highest BCUT2D eigenvalue weighted by atomic mass is 32.1. The SMILES string of the molecule is Cc1ccc(CN(C)C(=O)Cn2cnc3sc(-c4ccccc4)cc3c2=O)o1. The first-order valence-electron chi connectivity index (χ1n) is 8.85. The number of carbonyl (C=O) groups excluding carboxylic acids is 1. The lowest BCUT2D eigenvalue weighted by Crippen LogP contribution is -2.33. The predicted octanol–water partition coefficient (Wildman–Crippen LogP) is 3.69. The number of likely N-dealkylation sites (N-methyl/N-ethyl adjacent to an activating group) is 1. The maximum Gasteiger partial charge on any atom is 0.262 e. The van der Waals surface area contributed by atoms with E-state index >= 15 is 0 Å². The number of rotatable bonds is 5. The van der Waals surface area contributed by atoms with Crippen molar-refractivity contribution in [3.05, 3.63) is 76.7 Å². The number of aryl methyl sites for hydroxylation is 1. The van der Waals surface area contributed by atoms with Crippen molar-refractivity contribution in [1.82, 2.24) is 14.5 Å². The van der Waals surface area contributed by atoms with Crippen LogP contribution in [0, 0.1) is 6.92 Å². The Morgan fingerprint density at radius 3 is 2.71 bits per heavy atom. The van der Waals surface area contributed by atoms with Crippen molar-refractivity contribution < 1.29 is 9.21 Å². The first kappa shape index (κ1) is 18.2. The zero-order valence-electron chi connectivity index (χ0n) is 15.6. The monoisotopic (exact) mass is 393 g/mol. The van der Waals surface area contributed by atoms with Gasteiger partial charge in [0, 0.05) is 11.9 Å². The maximum atomic E-state index is 12.8. The van der Waals surface area contributed by atoms with Crippen LogP contribution in [0.25, 0.3) is 20.7 Å². The van der Waals surface area contributed by atoms with Gasteiger partial charge in [-0.15, -0.1) is 11.3 Å². The van der Waals surface area contributed by atoms with Gasteiger partial charge in [0.05, 0.1) is 18.3 Å². The van der Waals surface area contributed by atoms with Gasteiger partial charge < -0.3 is 9.32 Å². The highest BCUT2D eigenvalue weighted by Gasteiger charge is 2.15. The quantitative estimate of drug-likeness (QED) is 0.519. The summed E-state index contributed by atoms with van der Waals surface area (Å²) in [4.78, 5) is 32.9. The topological polar surface area (TPSA) is 68.3 Å². The number of aromatic nitrogens is 2. The normalized spacial score (nSPS) is 11.1. The molecule has 3 aromatic heterocycles. The van der Waals surface area contributed by atoms with Crippen molar-refractivity contribution >= 4 is 27.5 Å². The minimum absolute atomic E-state index is 0.0610. The van der Waals surface area contributed by atoms with Gasteiger partial charge in [0.25, 0.3) is 5.56 Å². The number of hydrogen-bond acceptors (Lipinski definition) is 5. The van der Waals surface area contributed by atoms with Crippen molar-refractivity contribution in [1.29, 1.82) is 0 Å². The summed E-state index contributed by atoms with van der Waals surface area (Å²) < 4.78 is 6.86. The van der Waals surface area contributed by atoms with Gasteiger partial charge in [0.15, 0.2) is 0 Å². The Balaban J connectivity index is 1.56. The summed E-state index contributed by atoms with van der Waals surface area (Å²) in [5.74, 6) is 1.32. The van der Waals surface area contributed by atoms with Crippen LogP contribution in [0.1, 0.15) is 11.5 Å². The molecule has 0 aliphatic heterocycles. The molecule has 0 atom stereocenters. The van der Waals surface area contributed by atoms with Crippen LogP contribution < -0.4 is 5.56 Å². The van der Waals surface area contributed by atoms with E-state index in [4.69, 9.17) is 4.42 Å². The third kappa shape index (κ3) is 3.61. The van der Waals surface area contributed by atoms with Crippen molar-refractivity contribution in [3.63, 3.8) is 0 Å². The van der Waals surface area contributed by atoms with Crippen LogP contribution in [0.15, 0.2) is 64.1 Å². The number of hydrogen-bond donors (Lipinski definition) is 0. The minimum atomic E-state index is -0.209. The number of thiophene rings is 1. The summed E-state index contributed by atoms with van der Waals surface area (Å²) in [5, 5.41) is 0.531. The first-order valence-corrected chi connectivity index (χ1v) is 9.66. The van der Waals surface area contributed by atoms with Crippen LogP contribution in [0.4, 0.5) is 0 Å². The van der Waals surface area contributed by atoms with E-state index in [0.29, 0.717) is 22.5 Å². The first-order chi connectivity index (χ1) is 13.5. The predicted molar refractivity (Wildman–Crippen MR) is 109 cm³/mol. The van der Waals surface area contributed by atoms with Crippen LogP contribution in [-0.4, -0.2) is 27.4 Å². The number of amides is 1. The molecule has 1 aromatic carbocycles. The largest absolute Gasteiger partial charge is 0.464 e. The Labute approximate surface area is 165 Å². The van der Waals surface area contributed by atoms with Crippen LogP contribution in [0.5, 0.6) is 0 Å². The molecule has 0 radical (unpaired) electrons. The molecule has 0 bridgehead atoms. The molecule has 1 amide bonds. The van der Waals surface area contributed by atoms with Gasteiger partial charge in [-0.25, -0.2) is 4.98 Å². The molecule has 0 aliphatic carbocycles. The van der Waals surface area contributed by atoms with Gasteiger partial charge in [-0.1, -0.05) is 30.3 Å². The fraction of sp³-hybridized carbons (Fsp3) is 0.190. The Kier molecular flexibility index (Phi) is 4.83. The third-order valence-electron chi connectivity index (χ3n) is 4.50. The molecule has 0 fully saturated rings. The van der Waals surface area contributed by atoms with Crippen LogP contribution in [0.2, 0.25) is 0 Å². The van der Waals surface area contributed by atoms with Crippen molar-refractivity contribution in [2.45, 2.75) is 20.0 Å². The Hall–Kier alpha value is -3.19. The van der Waals surface area contributed by atoms with E-state index in [1.807, 2.05) is 55.5 Å². The van der Waals surface area contributed by atoms with E-state index in [2.05, 4.69) is 4.98 Å². The molecule has 0 spiro atoms. The molecule has 6 nitrogen and oxygen atoms in total. The molecule has 4 aromatic rings. The molecular weight excluding hydrogens is 374 g/mol. The lowest BCUT2D eigenvalue weighted by atomic mass is 10.2. The molecule has 0 saturated carbocycles. The van der Waals surface area contributed by atoms with E-state index in [0.717, 1.165) is 16.2 Å². The van der Waals surface area contributed by atoms with Crippen LogP contribution >= 0.6 is 11.3 Å². The molecule has 0 unspecified atom stereocenters. The minimum Gasteiger partial charge on any atom is -0.464 e. The number of furan rings is 1. The number of carbonyl (C=O) groups is 1. The lowest BCUT2D eigenvalue weighted by Gasteiger charge is -2.16. The Morgan fingerprint density at radius 2 is 2.00 bits per heavy atom. The van der Waals surface area contributed by atoms with E-state index in [1.54, 1.807) is 7.05 Å². The smallest absolute Gasteiger partial charge is 0.262 e. The van der Waals surface area contributed by atoms with Gasteiger partial charge >= 0.3 is 0 Å². The second-order valence-corrected chi connectivity index (χ2v) is 7.67. The summed E-state index contributed by atoms with van der Waals surface area (Å²) in [6.45, 7) is 2.15. The molecule has 0 N–H and O–H groups in total. The fourth-order valence-electron chi connectivity index (χ4n) is 2.98. The summed E-state index contributed by atoms with van der Waals surface area (Å²) >= 11 is 1.47. The van der Waals surface area contributed by atoms with E-state index in [1.165, 1.54) is 27.1 Å². The van der Waals surface area contributed by atoms with Gasteiger partial charge in [-0.2, -0.15) is 0 Å². The lowest BCUT2D eigenvalue weighted by molar-refractivity contribution is -0.131. The third-order valence-corrected chi connectivity index (χ3v) is 5.59. The molecule has 142 valence electrons. The summed E-state index contributed by atoms with van der Waals surface area (Å²) in [5.41, 5.74) is 0.833. The highest BCUT2D eigenvalue weighted by Crippen LogP contribution is 2.30. The molecule has 7 heteroatoms. The van der Waals surface area contributed by atoms with E-state index in [9.17, 15) is 9.59 Å². The maximum absolute atomic E-state index is 12.8. The second kappa shape index (κ2) is 7.44. The van der Waals surface area contributed by atoms with Gasteiger partial charge in [0.1, 0.15) is 22.9 Å². The molecular formula is C21H19N3O3S. The average Bonchev–Trinajstić information content (AvgIpc) is 3.31.